The molecule has 2 fully saturated rings. The maximum Gasteiger partial charge on any atom is 0.324 e. The van der Waals surface area contributed by atoms with Gasteiger partial charge in [0.1, 0.15) is 5.00 Å². The van der Waals surface area contributed by atoms with Crippen LogP contribution in [0.3, 0.4) is 0 Å². The van der Waals surface area contributed by atoms with Crippen LogP contribution in [0.25, 0.3) is 0 Å². The summed E-state index contributed by atoms with van der Waals surface area (Å²) in [4.78, 5) is 29.0. The average molecular weight is 473 g/mol. The Morgan fingerprint density at radius 2 is 1.81 bits per heavy atom. The average Bonchev–Trinajstić information content (AvgIpc) is 3.26. The van der Waals surface area contributed by atoms with Crippen LogP contribution in [0, 0.1) is 5.92 Å². The Hall–Kier alpha value is -2.09. The van der Waals surface area contributed by atoms with Crippen molar-refractivity contribution in [2.75, 3.05) is 17.2 Å². The van der Waals surface area contributed by atoms with Crippen molar-refractivity contribution in [3.05, 3.63) is 45.3 Å². The number of amides is 3. The van der Waals surface area contributed by atoms with E-state index in [4.69, 9.17) is 17.3 Å². The maximum absolute atomic E-state index is 12.6. The third-order valence-corrected chi connectivity index (χ3v) is 8.58. The highest BCUT2D eigenvalue weighted by atomic mass is 35.5. The number of hydrogen-bond donors (Lipinski definition) is 3. The van der Waals surface area contributed by atoms with E-state index in [9.17, 15) is 9.59 Å². The molecule has 1 aromatic carbocycles. The molecule has 3 aliphatic rings. The number of anilines is 2. The molecule has 1 aromatic heterocycles. The lowest BCUT2D eigenvalue weighted by molar-refractivity contribution is 0.0992. The normalized spacial score (nSPS) is 23.0. The molecule has 2 aromatic rings. The fraction of sp³-hybridized carbons (Fsp3) is 0.500. The van der Waals surface area contributed by atoms with E-state index in [1.54, 1.807) is 24.3 Å². The zero-order chi connectivity index (χ0) is 22.2. The van der Waals surface area contributed by atoms with Crippen LogP contribution in [0.15, 0.2) is 24.3 Å². The topological polar surface area (TPSA) is 87.5 Å². The molecule has 0 spiro atoms. The van der Waals surface area contributed by atoms with Crippen LogP contribution >= 0.6 is 22.9 Å². The zero-order valence-corrected chi connectivity index (χ0v) is 19.6. The summed E-state index contributed by atoms with van der Waals surface area (Å²) in [5.74, 6) is 0.291. The first-order chi connectivity index (χ1) is 15.5. The fourth-order valence-electron chi connectivity index (χ4n) is 5.75. The summed E-state index contributed by atoms with van der Waals surface area (Å²) >= 11 is 7.42. The lowest BCUT2D eigenvalue weighted by Gasteiger charge is -2.38. The van der Waals surface area contributed by atoms with Gasteiger partial charge in [0.15, 0.2) is 0 Å². The number of primary amides is 1. The van der Waals surface area contributed by atoms with Crippen molar-refractivity contribution >= 4 is 45.6 Å². The summed E-state index contributed by atoms with van der Waals surface area (Å²) < 4.78 is 0. The van der Waals surface area contributed by atoms with Crippen LogP contribution in [0.4, 0.5) is 15.5 Å². The molecule has 32 heavy (non-hydrogen) atoms. The SMILES string of the molecule is NC(=O)c1c(NC(=O)Nc2ccc(Cl)cc2)sc2c1[C@H]1CC[C@@H](C2)N1CC1CCCCC1. The fourth-order valence-corrected chi connectivity index (χ4v) is 7.20. The van der Waals surface area contributed by atoms with Crippen molar-refractivity contribution in [2.45, 2.75) is 63.5 Å². The molecule has 4 N–H and O–H groups in total. The lowest BCUT2D eigenvalue weighted by Crippen LogP contribution is -2.41. The predicted molar refractivity (Wildman–Crippen MR) is 130 cm³/mol. The van der Waals surface area contributed by atoms with Gasteiger partial charge in [-0.05, 0) is 67.9 Å². The standard InChI is InChI=1S/C24H29ClN4O2S/c25-15-6-8-16(9-7-15)27-24(31)28-23-21(22(26)30)20-18-11-10-17(12-19(20)32-23)29(18)13-14-4-2-1-3-5-14/h6-9,14,17-18H,1-5,10-13H2,(H2,26,30)(H2,27,28,31)/t17-,18+/m0/s1. The number of halogens is 1. The third kappa shape index (κ3) is 4.26. The molecule has 1 saturated carbocycles. The number of rotatable bonds is 5. The van der Waals surface area contributed by atoms with E-state index in [0.29, 0.717) is 27.3 Å². The van der Waals surface area contributed by atoms with Gasteiger partial charge in [-0.15, -0.1) is 11.3 Å². The summed E-state index contributed by atoms with van der Waals surface area (Å²) in [5.41, 5.74) is 8.04. The van der Waals surface area contributed by atoms with Crippen molar-refractivity contribution in [3.8, 4) is 0 Å². The Balaban J connectivity index is 1.37. The Morgan fingerprint density at radius 3 is 2.53 bits per heavy atom. The molecule has 0 radical (unpaired) electrons. The molecule has 5 rings (SSSR count). The molecule has 6 nitrogen and oxygen atoms in total. The van der Waals surface area contributed by atoms with Gasteiger partial charge in [0.05, 0.1) is 5.56 Å². The number of nitrogens with one attached hydrogen (secondary N) is 2. The van der Waals surface area contributed by atoms with Gasteiger partial charge in [0.25, 0.3) is 5.91 Å². The van der Waals surface area contributed by atoms with Crippen LogP contribution in [-0.4, -0.2) is 29.4 Å². The van der Waals surface area contributed by atoms with Gasteiger partial charge in [-0.2, -0.15) is 0 Å². The summed E-state index contributed by atoms with van der Waals surface area (Å²) in [6.45, 7) is 1.11. The van der Waals surface area contributed by atoms with Crippen LogP contribution in [0.1, 0.15) is 71.8 Å². The molecule has 3 amide bonds. The number of thiophene rings is 1. The second kappa shape index (κ2) is 9.04. The first kappa shape index (κ1) is 21.7. The quantitative estimate of drug-likeness (QED) is 0.514. The second-order valence-corrected chi connectivity index (χ2v) is 10.8. The highest BCUT2D eigenvalue weighted by molar-refractivity contribution is 7.17. The molecule has 2 bridgehead atoms. The third-order valence-electron chi connectivity index (χ3n) is 7.19. The summed E-state index contributed by atoms with van der Waals surface area (Å²) in [5, 5.41) is 6.84. The predicted octanol–water partition coefficient (Wildman–Crippen LogP) is 5.79. The van der Waals surface area contributed by atoms with Gasteiger partial charge in [-0.3, -0.25) is 15.0 Å². The van der Waals surface area contributed by atoms with Gasteiger partial charge < -0.3 is 11.1 Å². The van der Waals surface area contributed by atoms with E-state index in [2.05, 4.69) is 15.5 Å². The highest BCUT2D eigenvalue weighted by Crippen LogP contribution is 2.50. The largest absolute Gasteiger partial charge is 0.365 e. The van der Waals surface area contributed by atoms with E-state index in [0.717, 1.165) is 37.3 Å². The number of urea groups is 1. The zero-order valence-electron chi connectivity index (χ0n) is 18.0. The van der Waals surface area contributed by atoms with Gasteiger partial charge >= 0.3 is 6.03 Å². The van der Waals surface area contributed by atoms with Gasteiger partial charge in [-0.25, -0.2) is 4.79 Å². The first-order valence-corrected chi connectivity index (χ1v) is 12.7. The number of benzene rings is 1. The molecule has 3 heterocycles. The van der Waals surface area contributed by atoms with E-state index < -0.39 is 11.9 Å². The number of hydrogen-bond acceptors (Lipinski definition) is 4. The molecule has 2 atom stereocenters. The number of carbonyl (C=O) groups is 2. The van der Waals surface area contributed by atoms with Crippen LogP contribution in [-0.2, 0) is 6.42 Å². The van der Waals surface area contributed by atoms with Crippen LogP contribution < -0.4 is 16.4 Å². The summed E-state index contributed by atoms with van der Waals surface area (Å²) in [6, 6.07) is 7.28. The van der Waals surface area contributed by atoms with Crippen LogP contribution in [0.5, 0.6) is 0 Å². The number of carbonyl (C=O) groups excluding carboxylic acids is 2. The van der Waals surface area contributed by atoms with Crippen molar-refractivity contribution in [2.24, 2.45) is 11.7 Å². The van der Waals surface area contributed by atoms with Crippen molar-refractivity contribution < 1.29 is 9.59 Å². The lowest BCUT2D eigenvalue weighted by atomic mass is 9.87. The second-order valence-electron chi connectivity index (χ2n) is 9.25. The van der Waals surface area contributed by atoms with E-state index >= 15 is 0 Å². The van der Waals surface area contributed by atoms with Crippen molar-refractivity contribution in [3.63, 3.8) is 0 Å². The molecular formula is C24H29ClN4O2S. The smallest absolute Gasteiger partial charge is 0.324 e. The molecule has 0 unspecified atom stereocenters. The summed E-state index contributed by atoms with van der Waals surface area (Å²) in [6.07, 6.45) is 9.80. The first-order valence-electron chi connectivity index (χ1n) is 11.5. The molecule has 170 valence electrons. The summed E-state index contributed by atoms with van der Waals surface area (Å²) in [7, 11) is 0. The Labute approximate surface area is 197 Å². The number of fused-ring (bicyclic) bond motifs is 4. The van der Waals surface area contributed by atoms with Crippen LogP contribution in [0.2, 0.25) is 5.02 Å². The molecule has 8 heteroatoms. The molecule has 1 aliphatic carbocycles. The Bertz CT molecular complexity index is 1020. The minimum absolute atomic E-state index is 0.235. The van der Waals surface area contributed by atoms with Gasteiger partial charge in [0, 0.05) is 34.2 Å². The Morgan fingerprint density at radius 1 is 1.06 bits per heavy atom. The molecular weight excluding hydrogens is 444 g/mol. The van der Waals surface area contributed by atoms with Crippen molar-refractivity contribution in [1.82, 2.24) is 4.90 Å². The molecule has 2 aliphatic heterocycles. The Kier molecular flexibility index (Phi) is 6.14. The van der Waals surface area contributed by atoms with E-state index in [1.165, 1.54) is 48.3 Å². The highest BCUT2D eigenvalue weighted by Gasteiger charge is 2.44. The number of nitrogens with two attached hydrogens (primary N) is 1. The minimum atomic E-state index is -0.466. The monoisotopic (exact) mass is 472 g/mol. The van der Waals surface area contributed by atoms with E-state index in [1.807, 2.05) is 0 Å². The van der Waals surface area contributed by atoms with E-state index in [-0.39, 0.29) is 6.04 Å². The van der Waals surface area contributed by atoms with Gasteiger partial charge in [-0.1, -0.05) is 30.9 Å². The maximum atomic E-state index is 12.6. The number of nitrogens with zero attached hydrogens (tertiary/aromatic N) is 1. The van der Waals surface area contributed by atoms with Gasteiger partial charge in [0.2, 0.25) is 0 Å². The minimum Gasteiger partial charge on any atom is -0.365 e. The molecule has 1 saturated heterocycles. The van der Waals surface area contributed by atoms with Crippen molar-refractivity contribution in [1.29, 1.82) is 0 Å².